The minimum Gasteiger partial charge on any atom is -0.494 e. The summed E-state index contributed by atoms with van der Waals surface area (Å²) in [7, 11) is 1.44. The first-order chi connectivity index (χ1) is 29.8. The molecule has 0 radical (unpaired) electrons. The number of fused-ring (bicyclic) bond motifs is 2. The number of urea groups is 1. The maximum Gasteiger partial charge on any atom is 0.328 e. The average Bonchev–Trinajstić information content (AvgIpc) is 3.87. The Balaban J connectivity index is 0.782. The summed E-state index contributed by atoms with van der Waals surface area (Å²) < 4.78 is 24.4. The number of methoxy groups -OCH3 is 1. The number of carbonyl (C=O) groups is 4. The van der Waals surface area contributed by atoms with Gasteiger partial charge in [0, 0.05) is 93.2 Å². The van der Waals surface area contributed by atoms with Crippen molar-refractivity contribution in [3.8, 4) is 11.8 Å². The van der Waals surface area contributed by atoms with Gasteiger partial charge in [-0.2, -0.15) is 15.5 Å². The van der Waals surface area contributed by atoms with E-state index in [0.717, 1.165) is 49.7 Å². The molecule has 2 aromatic carbocycles. The van der Waals surface area contributed by atoms with E-state index in [2.05, 4.69) is 26.7 Å². The monoisotopic (exact) mass is 845 g/mol. The quantitative estimate of drug-likeness (QED) is 0.191. The number of piperazine rings is 1. The van der Waals surface area contributed by atoms with Crippen LogP contribution in [0.5, 0.6) is 5.75 Å². The first-order valence-electron chi connectivity index (χ1n) is 21.0. The molecule has 3 aromatic heterocycles. The molecule has 3 N–H and O–H groups in total. The van der Waals surface area contributed by atoms with Crippen LogP contribution in [0.2, 0.25) is 0 Å². The van der Waals surface area contributed by atoms with E-state index in [4.69, 9.17) is 9.84 Å². The number of aromatic nitrogens is 4. The summed E-state index contributed by atoms with van der Waals surface area (Å²) in [5, 5.41) is 35.6. The van der Waals surface area contributed by atoms with E-state index in [9.17, 15) is 29.5 Å². The van der Waals surface area contributed by atoms with Gasteiger partial charge >= 0.3 is 6.03 Å². The van der Waals surface area contributed by atoms with Crippen LogP contribution in [0.3, 0.4) is 0 Å². The van der Waals surface area contributed by atoms with Crippen LogP contribution in [-0.4, -0.2) is 117 Å². The number of aliphatic hydroxyl groups is 1. The number of halogens is 1. The molecule has 6 heterocycles. The zero-order valence-corrected chi connectivity index (χ0v) is 34.8. The minimum absolute atomic E-state index is 0.0786. The lowest BCUT2D eigenvalue weighted by Gasteiger charge is -2.45. The van der Waals surface area contributed by atoms with E-state index in [-0.39, 0.29) is 42.4 Å². The number of benzene rings is 2. The first kappa shape index (κ1) is 40.8. The highest BCUT2D eigenvalue weighted by atomic mass is 19.1. The maximum atomic E-state index is 15.4. The zero-order valence-electron chi connectivity index (χ0n) is 34.8. The molecule has 17 nitrogen and oxygen atoms in total. The summed E-state index contributed by atoms with van der Waals surface area (Å²) in [6.45, 7) is 7.08. The number of imide groups is 1. The molecule has 0 unspecified atom stereocenters. The van der Waals surface area contributed by atoms with Crippen molar-refractivity contribution in [3.05, 3.63) is 77.5 Å². The molecule has 3 aliphatic heterocycles. The van der Waals surface area contributed by atoms with Crippen LogP contribution in [0.15, 0.2) is 54.9 Å². The summed E-state index contributed by atoms with van der Waals surface area (Å²) in [5.41, 5.74) is 2.32. The molecular formula is C44H48FN11O6. The maximum absolute atomic E-state index is 15.4. The van der Waals surface area contributed by atoms with E-state index in [1.807, 2.05) is 32.8 Å². The number of nitriles is 1. The summed E-state index contributed by atoms with van der Waals surface area (Å²) in [6, 6.07) is 13.5. The van der Waals surface area contributed by atoms with Crippen LogP contribution >= 0.6 is 0 Å². The van der Waals surface area contributed by atoms with Crippen molar-refractivity contribution >= 4 is 57.2 Å². The molecule has 5 aromatic rings. The summed E-state index contributed by atoms with van der Waals surface area (Å²) >= 11 is 0. The van der Waals surface area contributed by atoms with Crippen molar-refractivity contribution in [3.63, 3.8) is 0 Å². The second-order valence-corrected chi connectivity index (χ2v) is 17.1. The number of hydrogen-bond acceptors (Lipinski definition) is 11. The number of hydrogen-bond donors (Lipinski definition) is 3. The SMILES string of the molecule is COc1cc(N2CC(C(=O)N3CCN([C@H]4CC[C@H](n5cc6cc(NC(=O)c7ccc8cc(C#N)cnn78)c(C(C)(C)O)cc6n5)CC4)CC3)C2)c(F)cc1N1CCC(=O)NC1=O. The number of carbonyl (C=O) groups excluding carboxylic acids is 4. The molecule has 18 heteroatoms. The fourth-order valence-corrected chi connectivity index (χ4v) is 9.33. The topological polar surface area (TPSA) is 194 Å². The third-order valence-corrected chi connectivity index (χ3v) is 12.8. The molecular weight excluding hydrogens is 798 g/mol. The Bertz CT molecular complexity index is 2640. The van der Waals surface area contributed by atoms with Crippen molar-refractivity contribution in [2.75, 3.05) is 68.0 Å². The van der Waals surface area contributed by atoms with E-state index in [0.29, 0.717) is 71.7 Å². The number of rotatable bonds is 9. The Morgan fingerprint density at radius 2 is 1.73 bits per heavy atom. The van der Waals surface area contributed by atoms with Gasteiger partial charge in [0.25, 0.3) is 5.91 Å². The average molecular weight is 846 g/mol. The standard InChI is InChI=1S/C44H48FN11O6/c1-44(2,61)32-18-34-27(17-35(32)48-41(58)36-9-8-31-16-26(21-46)22-47-56(31)36)25-55(50-34)30-6-4-29(5-7-30)51-12-14-52(15-13-51)42(59)28-23-53(24-28)37-20-39(62-3)38(19-33(37)45)54-11-10-40(57)49-43(54)60/h8-9,16-20,22,25,28-30,61H,4-7,10-15,23-24H2,1-3H3,(H,48,58)(H,49,57,60)/t29-,30-. The van der Waals surface area contributed by atoms with Crippen LogP contribution in [0.1, 0.15) is 73.6 Å². The predicted octanol–water partition coefficient (Wildman–Crippen LogP) is 4.39. The lowest BCUT2D eigenvalue weighted by molar-refractivity contribution is -0.138. The van der Waals surface area contributed by atoms with Crippen LogP contribution in [-0.2, 0) is 15.2 Å². The van der Waals surface area contributed by atoms with E-state index >= 15 is 4.39 Å². The molecule has 0 bridgehead atoms. The Labute approximate surface area is 356 Å². The predicted molar refractivity (Wildman–Crippen MR) is 226 cm³/mol. The summed E-state index contributed by atoms with van der Waals surface area (Å²) in [6.07, 6.45) is 7.38. The Morgan fingerprint density at radius 1 is 0.984 bits per heavy atom. The van der Waals surface area contributed by atoms with Gasteiger partial charge in [0.05, 0.1) is 58.8 Å². The lowest BCUT2D eigenvalue weighted by atomic mass is 9.89. The fraction of sp³-hybridized carbons (Fsp3) is 0.432. The van der Waals surface area contributed by atoms with Crippen LogP contribution in [0.4, 0.5) is 26.2 Å². The molecule has 1 saturated carbocycles. The van der Waals surface area contributed by atoms with Crippen molar-refractivity contribution in [1.82, 2.24) is 34.5 Å². The third-order valence-electron chi connectivity index (χ3n) is 12.8. The molecule has 5 amide bonds. The second kappa shape index (κ2) is 16.0. The lowest BCUT2D eigenvalue weighted by Crippen LogP contribution is -2.59. The molecule has 4 fully saturated rings. The van der Waals surface area contributed by atoms with Crippen LogP contribution in [0, 0.1) is 23.1 Å². The largest absolute Gasteiger partial charge is 0.494 e. The Morgan fingerprint density at radius 3 is 2.42 bits per heavy atom. The highest BCUT2D eigenvalue weighted by Crippen LogP contribution is 2.39. The molecule has 0 spiro atoms. The van der Waals surface area contributed by atoms with Gasteiger partial charge in [-0.15, -0.1) is 0 Å². The number of ether oxygens (including phenoxy) is 1. The van der Waals surface area contributed by atoms with Crippen LogP contribution in [0.25, 0.3) is 16.4 Å². The molecule has 322 valence electrons. The molecule has 62 heavy (non-hydrogen) atoms. The van der Waals surface area contributed by atoms with Crippen molar-refractivity contribution in [2.45, 2.75) is 63.6 Å². The highest BCUT2D eigenvalue weighted by molar-refractivity contribution is 6.07. The number of amides is 5. The van der Waals surface area contributed by atoms with Crippen molar-refractivity contribution in [2.24, 2.45) is 5.92 Å². The van der Waals surface area contributed by atoms with Crippen LogP contribution < -0.4 is 25.2 Å². The second-order valence-electron chi connectivity index (χ2n) is 17.1. The smallest absolute Gasteiger partial charge is 0.328 e. The Hall–Kier alpha value is -6.58. The van der Waals surface area contributed by atoms with Gasteiger partial charge in [-0.3, -0.25) is 34.2 Å². The van der Waals surface area contributed by atoms with Gasteiger partial charge in [-0.25, -0.2) is 13.7 Å². The van der Waals surface area contributed by atoms with Gasteiger partial charge in [-0.1, -0.05) is 0 Å². The van der Waals surface area contributed by atoms with E-state index in [1.54, 1.807) is 38.1 Å². The van der Waals surface area contributed by atoms with Gasteiger partial charge in [0.2, 0.25) is 11.8 Å². The Kier molecular flexibility index (Phi) is 10.6. The summed E-state index contributed by atoms with van der Waals surface area (Å²) in [4.78, 5) is 58.6. The van der Waals surface area contributed by atoms with Gasteiger partial charge in [0.1, 0.15) is 23.3 Å². The molecule has 0 atom stereocenters. The number of anilines is 3. The van der Waals surface area contributed by atoms with Crippen molar-refractivity contribution in [1.29, 1.82) is 5.26 Å². The fourth-order valence-electron chi connectivity index (χ4n) is 9.33. The first-order valence-corrected chi connectivity index (χ1v) is 21.0. The van der Waals surface area contributed by atoms with E-state index < -0.39 is 23.4 Å². The number of nitrogens with one attached hydrogen (secondary N) is 2. The molecule has 3 saturated heterocycles. The van der Waals surface area contributed by atoms with Gasteiger partial charge < -0.3 is 25.0 Å². The third kappa shape index (κ3) is 7.66. The minimum atomic E-state index is -1.27. The normalized spacial score (nSPS) is 20.3. The van der Waals surface area contributed by atoms with Crippen molar-refractivity contribution < 1.29 is 33.4 Å². The van der Waals surface area contributed by atoms with E-state index in [1.165, 1.54) is 28.8 Å². The summed E-state index contributed by atoms with van der Waals surface area (Å²) in [5.74, 6) is -1.17. The zero-order chi connectivity index (χ0) is 43.4. The molecule has 4 aliphatic rings. The van der Waals surface area contributed by atoms with Gasteiger partial charge in [-0.05, 0) is 69.9 Å². The van der Waals surface area contributed by atoms with Gasteiger partial charge in [0.15, 0.2) is 0 Å². The molecule has 9 rings (SSSR count). The number of nitrogens with zero attached hydrogens (tertiary/aromatic N) is 9. The molecule has 1 aliphatic carbocycles. The highest BCUT2D eigenvalue weighted by Gasteiger charge is 2.39.